The standard InChI is InChI=1S/C34H38ClN5O6S2/c1-36(2)24-34-25-38(22-31(41)39(34)23-33(46-34)15-17-37(18-16-33)21-26-9-5-3-6-10-26)48(44,45)32-20-27-19-28(35)13-14-30(27)40(32)47(42,43)29-11-7-4-8-12-29/h3-14,19-20H,15-18,21-25H2,1-2H3. The Morgan fingerprint density at radius 1 is 0.854 bits per heavy atom. The molecule has 3 aliphatic heterocycles. The van der Waals surface area contributed by atoms with Crippen molar-refractivity contribution in [3.63, 3.8) is 0 Å². The van der Waals surface area contributed by atoms with Crippen LogP contribution in [0.3, 0.4) is 0 Å². The molecule has 4 heterocycles. The fraction of sp³-hybridized carbons (Fsp3) is 0.382. The zero-order valence-corrected chi connectivity index (χ0v) is 29.2. The van der Waals surface area contributed by atoms with Crippen molar-refractivity contribution in [2.45, 2.75) is 40.6 Å². The summed E-state index contributed by atoms with van der Waals surface area (Å²) in [4.78, 5) is 19.9. The van der Waals surface area contributed by atoms with E-state index in [-0.39, 0.29) is 29.4 Å². The van der Waals surface area contributed by atoms with Gasteiger partial charge in [-0.3, -0.25) is 9.69 Å². The number of carbonyl (C=O) groups excluding carboxylic acids is 1. The van der Waals surface area contributed by atoms with Gasteiger partial charge >= 0.3 is 0 Å². The van der Waals surface area contributed by atoms with Crippen molar-refractivity contribution in [2.24, 2.45) is 0 Å². The molecule has 3 aromatic carbocycles. The maximum Gasteiger partial charge on any atom is 0.269 e. The van der Waals surface area contributed by atoms with E-state index in [1.165, 1.54) is 42.0 Å². The van der Waals surface area contributed by atoms with Gasteiger partial charge in [0.05, 0.1) is 35.6 Å². The molecule has 254 valence electrons. The van der Waals surface area contributed by atoms with E-state index in [0.29, 0.717) is 29.8 Å². The first-order valence-corrected chi connectivity index (χ1v) is 19.1. The third kappa shape index (κ3) is 5.85. The number of aromatic nitrogens is 1. The third-order valence-electron chi connectivity index (χ3n) is 9.53. The number of likely N-dealkylation sites (tertiary alicyclic amines) is 1. The first-order valence-electron chi connectivity index (χ1n) is 15.9. The number of piperidine rings is 1. The Labute approximate surface area is 286 Å². The summed E-state index contributed by atoms with van der Waals surface area (Å²) in [7, 11) is -5.23. The molecule has 0 N–H and O–H groups in total. The second kappa shape index (κ2) is 12.2. The highest BCUT2D eigenvalue weighted by molar-refractivity contribution is 7.92. The largest absolute Gasteiger partial charge is 0.344 e. The predicted octanol–water partition coefficient (Wildman–Crippen LogP) is 3.69. The van der Waals surface area contributed by atoms with Crippen LogP contribution in [0.2, 0.25) is 5.02 Å². The molecule has 14 heteroatoms. The number of hydrogen-bond acceptors (Lipinski definition) is 8. The minimum absolute atomic E-state index is 0.0708. The average molecular weight is 712 g/mol. The highest BCUT2D eigenvalue weighted by atomic mass is 35.5. The lowest BCUT2D eigenvalue weighted by Crippen LogP contribution is -2.66. The minimum Gasteiger partial charge on any atom is -0.344 e. The lowest BCUT2D eigenvalue weighted by molar-refractivity contribution is -0.185. The van der Waals surface area contributed by atoms with Crippen LogP contribution in [0.5, 0.6) is 0 Å². The van der Waals surface area contributed by atoms with Gasteiger partial charge in [-0.1, -0.05) is 60.1 Å². The number of carbonyl (C=O) groups is 1. The van der Waals surface area contributed by atoms with E-state index < -0.39 is 42.9 Å². The van der Waals surface area contributed by atoms with E-state index in [1.54, 1.807) is 23.1 Å². The van der Waals surface area contributed by atoms with Crippen LogP contribution in [0.4, 0.5) is 0 Å². The third-order valence-corrected chi connectivity index (χ3v) is 13.4. The fourth-order valence-corrected chi connectivity index (χ4v) is 11.1. The molecule has 3 fully saturated rings. The Balaban J connectivity index is 1.23. The number of hydrogen-bond donors (Lipinski definition) is 0. The van der Waals surface area contributed by atoms with Gasteiger partial charge in [0.25, 0.3) is 20.0 Å². The van der Waals surface area contributed by atoms with Crippen LogP contribution < -0.4 is 0 Å². The molecule has 7 rings (SSSR count). The van der Waals surface area contributed by atoms with Crippen molar-refractivity contribution in [3.05, 3.63) is 95.5 Å². The van der Waals surface area contributed by atoms with Gasteiger partial charge in [0.2, 0.25) is 5.91 Å². The number of nitrogens with zero attached hydrogens (tertiary/aromatic N) is 5. The molecule has 0 radical (unpaired) electrons. The van der Waals surface area contributed by atoms with Crippen LogP contribution in [0.1, 0.15) is 18.4 Å². The van der Waals surface area contributed by atoms with Crippen molar-refractivity contribution in [2.75, 3.05) is 53.4 Å². The molecule has 1 unspecified atom stereocenters. The summed E-state index contributed by atoms with van der Waals surface area (Å²) in [5, 5.41) is 0.201. The Bertz CT molecular complexity index is 2070. The molecule has 11 nitrogen and oxygen atoms in total. The minimum atomic E-state index is -4.57. The number of fused-ring (bicyclic) bond motifs is 2. The summed E-state index contributed by atoms with van der Waals surface area (Å²) in [6.07, 6.45) is 1.38. The van der Waals surface area contributed by atoms with E-state index in [2.05, 4.69) is 17.0 Å². The molecule has 3 aliphatic rings. The molecule has 4 aromatic rings. The second-order valence-electron chi connectivity index (χ2n) is 13.3. The smallest absolute Gasteiger partial charge is 0.269 e. The van der Waals surface area contributed by atoms with E-state index in [9.17, 15) is 21.6 Å². The zero-order valence-electron chi connectivity index (χ0n) is 26.8. The monoisotopic (exact) mass is 711 g/mol. The van der Waals surface area contributed by atoms with Crippen LogP contribution in [0, 0.1) is 0 Å². The van der Waals surface area contributed by atoms with Gasteiger partial charge < -0.3 is 14.5 Å². The first kappa shape index (κ1) is 33.2. The summed E-state index contributed by atoms with van der Waals surface area (Å²) in [5.41, 5.74) is -0.493. The van der Waals surface area contributed by atoms with Crippen molar-refractivity contribution < 1.29 is 26.4 Å². The lowest BCUT2D eigenvalue weighted by atomic mass is 9.91. The molecule has 0 aliphatic carbocycles. The number of sulfonamides is 1. The highest BCUT2D eigenvalue weighted by Crippen LogP contribution is 2.44. The van der Waals surface area contributed by atoms with Crippen LogP contribution in [0.25, 0.3) is 10.9 Å². The van der Waals surface area contributed by atoms with Crippen LogP contribution in [-0.4, -0.2) is 110 Å². The molecule has 1 spiro atoms. The second-order valence-corrected chi connectivity index (χ2v) is 17.4. The molecule has 0 saturated carbocycles. The van der Waals surface area contributed by atoms with Gasteiger partial charge in [-0.05, 0) is 68.9 Å². The molecule has 0 bridgehead atoms. The maximum atomic E-state index is 14.6. The van der Waals surface area contributed by atoms with Crippen LogP contribution in [-0.2, 0) is 36.1 Å². The number of benzene rings is 3. The van der Waals surface area contributed by atoms with Gasteiger partial charge in [-0.15, -0.1) is 0 Å². The van der Waals surface area contributed by atoms with Gasteiger partial charge in [0.15, 0.2) is 10.8 Å². The topological polar surface area (TPSA) is 112 Å². The molecule has 1 aromatic heterocycles. The predicted molar refractivity (Wildman–Crippen MR) is 182 cm³/mol. The Hall–Kier alpha value is -3.30. The normalized spacial score (nSPS) is 22.2. The van der Waals surface area contributed by atoms with E-state index in [4.69, 9.17) is 16.3 Å². The van der Waals surface area contributed by atoms with Crippen molar-refractivity contribution in [1.29, 1.82) is 0 Å². The van der Waals surface area contributed by atoms with E-state index >= 15 is 0 Å². The fourth-order valence-electron chi connectivity index (χ4n) is 7.37. The van der Waals surface area contributed by atoms with Gasteiger partial charge in [0.1, 0.15) is 0 Å². The summed E-state index contributed by atoms with van der Waals surface area (Å²) in [5.74, 6) is -0.383. The number of amides is 1. The Kier molecular flexibility index (Phi) is 8.46. The Morgan fingerprint density at radius 3 is 2.19 bits per heavy atom. The summed E-state index contributed by atoms with van der Waals surface area (Å²) >= 11 is 6.25. The van der Waals surface area contributed by atoms with Crippen LogP contribution >= 0.6 is 11.6 Å². The number of likely N-dealkylation sites (N-methyl/N-ethyl adjacent to an activating group) is 1. The van der Waals surface area contributed by atoms with E-state index in [0.717, 1.165) is 27.9 Å². The first-order chi connectivity index (χ1) is 22.8. The Morgan fingerprint density at radius 2 is 1.52 bits per heavy atom. The maximum absolute atomic E-state index is 14.6. The lowest BCUT2D eigenvalue weighted by Gasteiger charge is -2.46. The summed E-state index contributed by atoms with van der Waals surface area (Å²) in [6, 6.07) is 23.8. The van der Waals surface area contributed by atoms with Crippen molar-refractivity contribution in [3.8, 4) is 0 Å². The summed E-state index contributed by atoms with van der Waals surface area (Å²) in [6.45, 7) is 2.41. The summed E-state index contributed by atoms with van der Waals surface area (Å²) < 4.78 is 66.3. The number of rotatable bonds is 8. The van der Waals surface area contributed by atoms with Gasteiger partial charge in [-0.25, -0.2) is 20.8 Å². The molecular weight excluding hydrogens is 674 g/mol. The van der Waals surface area contributed by atoms with E-state index in [1.807, 2.05) is 37.2 Å². The van der Waals surface area contributed by atoms with Crippen LogP contribution in [0.15, 0.2) is 94.9 Å². The van der Waals surface area contributed by atoms with Crippen molar-refractivity contribution >= 4 is 48.5 Å². The number of ether oxygens (including phenoxy) is 1. The SMILES string of the molecule is CN(C)CC12CN(S(=O)(=O)c3cc4cc(Cl)ccc4n3S(=O)(=O)c3ccccc3)CC(=O)N1CC1(CCN(Cc3ccccc3)CC1)O2. The number of piperazine rings is 1. The average Bonchev–Trinajstić information content (AvgIpc) is 3.60. The van der Waals surface area contributed by atoms with Gasteiger partial charge in [0, 0.05) is 36.6 Å². The van der Waals surface area contributed by atoms with Crippen molar-refractivity contribution in [1.82, 2.24) is 23.0 Å². The molecular formula is C34H38ClN5O6S2. The molecule has 3 saturated heterocycles. The quantitative estimate of drug-likeness (QED) is 0.272. The molecule has 1 amide bonds. The van der Waals surface area contributed by atoms with Gasteiger partial charge in [-0.2, -0.15) is 4.31 Å². The molecule has 1 atom stereocenters. The zero-order chi connectivity index (χ0) is 33.9. The number of halogens is 1. The highest BCUT2D eigenvalue weighted by Gasteiger charge is 2.61. The molecule has 48 heavy (non-hydrogen) atoms.